The van der Waals surface area contributed by atoms with Gasteiger partial charge in [0, 0.05) is 7.05 Å². The van der Waals surface area contributed by atoms with E-state index in [2.05, 4.69) is 28.2 Å². The second kappa shape index (κ2) is 20.1. The minimum absolute atomic E-state index is 0.00519. The zero-order valence-corrected chi connectivity index (χ0v) is 28.8. The number of carbonyl (C=O) groups is 6. The van der Waals surface area contributed by atoms with Crippen LogP contribution in [0.4, 0.5) is 0 Å². The number of aliphatic hydroxyl groups excluding tert-OH is 2. The first kappa shape index (κ1) is 40.8. The SMILES string of the molecule is CCCCCCC1OC(=O)CNC(=O)[C@H]([C@@H](C)O)NC(=O)[C@H](CO)NC(=O)[C@H]([C@H](C)CC)NC(=O)[C@H](CC(C)C)N(C)C(=O)[C@@H]1C. The van der Waals surface area contributed by atoms with Crippen LogP contribution in [0.1, 0.15) is 93.4 Å². The summed E-state index contributed by atoms with van der Waals surface area (Å²) in [5, 5.41) is 30.0. The maximum atomic E-state index is 13.9. The van der Waals surface area contributed by atoms with Crippen molar-refractivity contribution in [3.8, 4) is 0 Å². The van der Waals surface area contributed by atoms with Crippen LogP contribution in [0.25, 0.3) is 0 Å². The molecule has 1 saturated heterocycles. The van der Waals surface area contributed by atoms with Crippen LogP contribution in [0.3, 0.4) is 0 Å². The molecule has 1 fully saturated rings. The Labute approximate surface area is 273 Å². The Balaban J connectivity index is 3.62. The van der Waals surface area contributed by atoms with Gasteiger partial charge in [0.2, 0.25) is 29.5 Å². The number of likely N-dealkylation sites (N-methyl/N-ethyl adjacent to an activating group) is 1. The number of hydrogen-bond acceptors (Lipinski definition) is 9. The number of aliphatic hydroxyl groups is 2. The highest BCUT2D eigenvalue weighted by atomic mass is 16.5. The molecule has 1 heterocycles. The molecule has 0 aromatic rings. The van der Waals surface area contributed by atoms with Crippen LogP contribution in [-0.2, 0) is 33.5 Å². The van der Waals surface area contributed by atoms with Gasteiger partial charge in [-0.1, -0.05) is 67.2 Å². The minimum atomic E-state index is -1.53. The van der Waals surface area contributed by atoms with Crippen molar-refractivity contribution < 1.29 is 43.7 Å². The van der Waals surface area contributed by atoms with Gasteiger partial charge >= 0.3 is 5.97 Å². The lowest BCUT2D eigenvalue weighted by Crippen LogP contribution is -2.61. The fourth-order valence-corrected chi connectivity index (χ4v) is 5.25. The Morgan fingerprint density at radius 1 is 0.870 bits per heavy atom. The summed E-state index contributed by atoms with van der Waals surface area (Å²) in [6.45, 7) is 10.9. The van der Waals surface area contributed by atoms with Gasteiger partial charge in [-0.2, -0.15) is 0 Å². The van der Waals surface area contributed by atoms with E-state index in [4.69, 9.17) is 4.74 Å². The second-order valence-electron chi connectivity index (χ2n) is 12.8. The molecule has 14 heteroatoms. The summed E-state index contributed by atoms with van der Waals surface area (Å²) in [6, 6.07) is -5.15. The predicted octanol–water partition coefficient (Wildman–Crippen LogP) is 0.381. The van der Waals surface area contributed by atoms with Crippen LogP contribution in [0, 0.1) is 17.8 Å². The van der Waals surface area contributed by atoms with Crippen molar-refractivity contribution in [3.63, 3.8) is 0 Å². The summed E-state index contributed by atoms with van der Waals surface area (Å²) in [5.41, 5.74) is 0. The van der Waals surface area contributed by atoms with Crippen molar-refractivity contribution in [3.05, 3.63) is 0 Å². The van der Waals surface area contributed by atoms with Gasteiger partial charge in [0.15, 0.2) is 0 Å². The molecule has 264 valence electrons. The number of cyclic esters (lactones) is 1. The fourth-order valence-electron chi connectivity index (χ4n) is 5.25. The van der Waals surface area contributed by atoms with Crippen molar-refractivity contribution in [2.24, 2.45) is 17.8 Å². The normalized spacial score (nSPS) is 27.8. The molecule has 0 aromatic carbocycles. The first-order chi connectivity index (χ1) is 21.6. The lowest BCUT2D eigenvalue weighted by atomic mass is 9.94. The number of ether oxygens (including phenoxy) is 1. The highest BCUT2D eigenvalue weighted by molar-refractivity contribution is 5.96. The molecule has 1 rings (SSSR count). The van der Waals surface area contributed by atoms with Gasteiger partial charge in [-0.15, -0.1) is 0 Å². The molecule has 1 unspecified atom stereocenters. The highest BCUT2D eigenvalue weighted by Gasteiger charge is 2.38. The smallest absolute Gasteiger partial charge is 0.325 e. The van der Waals surface area contributed by atoms with Crippen molar-refractivity contribution in [2.75, 3.05) is 20.2 Å². The number of esters is 1. The Bertz CT molecular complexity index is 1040. The Morgan fingerprint density at radius 3 is 2.04 bits per heavy atom. The van der Waals surface area contributed by atoms with E-state index >= 15 is 0 Å². The van der Waals surface area contributed by atoms with Gasteiger partial charge in [-0.25, -0.2) is 0 Å². The summed E-state index contributed by atoms with van der Waals surface area (Å²) in [7, 11) is 1.50. The Kier molecular flexibility index (Phi) is 17.8. The number of rotatable bonds is 11. The molecule has 5 amide bonds. The average Bonchev–Trinajstić information content (AvgIpc) is 3.01. The maximum absolute atomic E-state index is 13.9. The quantitative estimate of drug-likeness (QED) is 0.134. The van der Waals surface area contributed by atoms with Gasteiger partial charge in [0.25, 0.3) is 0 Å². The predicted molar refractivity (Wildman–Crippen MR) is 171 cm³/mol. The molecule has 0 radical (unpaired) electrons. The van der Waals surface area contributed by atoms with E-state index in [1.54, 1.807) is 13.8 Å². The summed E-state index contributed by atoms with van der Waals surface area (Å²) >= 11 is 0. The highest BCUT2D eigenvalue weighted by Crippen LogP contribution is 2.22. The molecule has 6 N–H and O–H groups in total. The van der Waals surface area contributed by atoms with E-state index in [-0.39, 0.29) is 12.3 Å². The number of nitrogens with zero attached hydrogens (tertiary/aromatic N) is 1. The van der Waals surface area contributed by atoms with Gasteiger partial charge < -0.3 is 41.1 Å². The molecule has 46 heavy (non-hydrogen) atoms. The van der Waals surface area contributed by atoms with E-state index in [0.29, 0.717) is 19.3 Å². The van der Waals surface area contributed by atoms with E-state index in [1.807, 2.05) is 20.8 Å². The molecule has 0 aromatic heterocycles. The number of amides is 5. The second-order valence-corrected chi connectivity index (χ2v) is 12.8. The number of hydrogen-bond donors (Lipinski definition) is 6. The first-order valence-corrected chi connectivity index (χ1v) is 16.5. The van der Waals surface area contributed by atoms with Crippen LogP contribution >= 0.6 is 0 Å². The van der Waals surface area contributed by atoms with Crippen molar-refractivity contribution >= 4 is 35.5 Å². The third kappa shape index (κ3) is 12.5. The molecule has 0 saturated carbocycles. The number of unbranched alkanes of at least 4 members (excludes halogenated alkanes) is 3. The van der Waals surface area contributed by atoms with Crippen LogP contribution in [-0.4, -0.2) is 107 Å². The van der Waals surface area contributed by atoms with Crippen LogP contribution in [0.2, 0.25) is 0 Å². The molecule has 8 atom stereocenters. The number of nitrogens with one attached hydrogen (secondary N) is 4. The van der Waals surface area contributed by atoms with Crippen molar-refractivity contribution in [1.82, 2.24) is 26.2 Å². The monoisotopic (exact) mass is 655 g/mol. The molecular formula is C32H57N5O9. The topological polar surface area (TPSA) is 203 Å². The van der Waals surface area contributed by atoms with Crippen molar-refractivity contribution in [1.29, 1.82) is 0 Å². The van der Waals surface area contributed by atoms with Crippen LogP contribution < -0.4 is 21.3 Å². The summed E-state index contributed by atoms with van der Waals surface area (Å²) in [6.07, 6.45) is 2.37. The van der Waals surface area contributed by atoms with Gasteiger partial charge in [-0.05, 0) is 38.0 Å². The zero-order valence-electron chi connectivity index (χ0n) is 28.8. The standard InChI is InChI=1S/C32H57N5O9/c1-9-11-12-13-14-24-20(6)32(45)37(8)23(15-18(3)4)29(42)35-26(19(5)10-2)31(44)34-22(17-38)28(41)36-27(21(7)39)30(43)33-16-25(40)46-24/h18-24,26-27,38-39H,9-17H2,1-8H3,(H,33,43)(H,34,44)(H,35,42)(H,36,41)/t19-,20-,21-,22+,23+,24?,26+,27+/m1/s1. The third-order valence-corrected chi connectivity index (χ3v) is 8.46. The van der Waals surface area contributed by atoms with Crippen LogP contribution in [0.5, 0.6) is 0 Å². The van der Waals surface area contributed by atoms with E-state index in [1.165, 1.54) is 18.9 Å². The summed E-state index contributed by atoms with van der Waals surface area (Å²) < 4.78 is 5.71. The third-order valence-electron chi connectivity index (χ3n) is 8.46. The number of carbonyl (C=O) groups excluding carboxylic acids is 6. The maximum Gasteiger partial charge on any atom is 0.325 e. The zero-order chi connectivity index (χ0) is 35.1. The Morgan fingerprint density at radius 2 is 1.50 bits per heavy atom. The largest absolute Gasteiger partial charge is 0.460 e. The van der Waals surface area contributed by atoms with Gasteiger partial charge in [0.1, 0.15) is 36.8 Å². The van der Waals surface area contributed by atoms with Crippen LogP contribution in [0.15, 0.2) is 0 Å². The van der Waals surface area contributed by atoms with E-state index in [0.717, 1.165) is 19.3 Å². The molecular weight excluding hydrogens is 598 g/mol. The molecule has 0 bridgehead atoms. The fraction of sp³-hybridized carbons (Fsp3) is 0.812. The van der Waals surface area contributed by atoms with Gasteiger partial charge in [0.05, 0.1) is 18.6 Å². The average molecular weight is 656 g/mol. The minimum Gasteiger partial charge on any atom is -0.460 e. The van der Waals surface area contributed by atoms with Gasteiger partial charge in [-0.3, -0.25) is 28.8 Å². The molecule has 1 aliphatic rings. The molecule has 1 aliphatic heterocycles. The first-order valence-electron chi connectivity index (χ1n) is 16.5. The molecule has 0 aliphatic carbocycles. The summed E-state index contributed by atoms with van der Waals surface area (Å²) in [4.78, 5) is 81.3. The lowest BCUT2D eigenvalue weighted by molar-refractivity contribution is -0.157. The van der Waals surface area contributed by atoms with Crippen molar-refractivity contribution in [2.45, 2.75) is 130 Å². The lowest BCUT2D eigenvalue weighted by Gasteiger charge is -2.34. The summed E-state index contributed by atoms with van der Waals surface area (Å²) in [5.74, 6) is -5.66. The Hall–Kier alpha value is -3.26. The van der Waals surface area contributed by atoms with E-state index in [9.17, 15) is 39.0 Å². The molecule has 14 nitrogen and oxygen atoms in total. The molecule has 0 spiro atoms. The van der Waals surface area contributed by atoms with E-state index < -0.39 is 96.9 Å².